The zero-order valence-electron chi connectivity index (χ0n) is 20.2. The molecule has 188 valence electrons. The van der Waals surface area contributed by atoms with Crippen molar-refractivity contribution in [1.82, 2.24) is 0 Å². The first kappa shape index (κ1) is 25.5. The summed E-state index contributed by atoms with van der Waals surface area (Å²) >= 11 is 0. The number of aryl methyl sites for hydroxylation is 1. The van der Waals surface area contributed by atoms with Gasteiger partial charge in [-0.25, -0.2) is 18.0 Å². The van der Waals surface area contributed by atoms with Gasteiger partial charge in [0.25, 0.3) is 0 Å². The lowest BCUT2D eigenvalue weighted by atomic mass is 9.82. The molecule has 1 fully saturated rings. The lowest BCUT2D eigenvalue weighted by molar-refractivity contribution is 0.0193. The minimum absolute atomic E-state index is 0.0663. The van der Waals surface area contributed by atoms with E-state index in [0.29, 0.717) is 49.8 Å². The van der Waals surface area contributed by atoms with E-state index in [1.807, 2.05) is 19.1 Å². The molecule has 0 aliphatic heterocycles. The SMILES string of the molecule is C=CCCOc1ccc(C(=O)OC2CCC(c3ccc(-c4ccc(C)cc4)c(F)c3F)CC2)cc1F. The highest BCUT2D eigenvalue weighted by atomic mass is 19.2. The van der Waals surface area contributed by atoms with Crippen molar-refractivity contribution in [2.75, 3.05) is 6.61 Å². The highest BCUT2D eigenvalue weighted by molar-refractivity contribution is 5.89. The number of esters is 1. The second kappa shape index (κ2) is 11.5. The molecule has 0 saturated heterocycles. The fourth-order valence-corrected chi connectivity index (χ4v) is 4.54. The van der Waals surface area contributed by atoms with Crippen molar-refractivity contribution >= 4 is 5.97 Å². The number of carbonyl (C=O) groups is 1. The summed E-state index contributed by atoms with van der Waals surface area (Å²) in [5.74, 6) is -3.01. The van der Waals surface area contributed by atoms with Gasteiger partial charge in [0.1, 0.15) is 6.10 Å². The van der Waals surface area contributed by atoms with Crippen LogP contribution in [0.4, 0.5) is 13.2 Å². The van der Waals surface area contributed by atoms with E-state index in [1.165, 1.54) is 12.1 Å². The van der Waals surface area contributed by atoms with E-state index in [-0.39, 0.29) is 28.9 Å². The number of carbonyl (C=O) groups excluding carboxylic acids is 1. The van der Waals surface area contributed by atoms with E-state index in [2.05, 4.69) is 6.58 Å². The van der Waals surface area contributed by atoms with E-state index >= 15 is 0 Å². The Morgan fingerprint density at radius 2 is 1.69 bits per heavy atom. The summed E-state index contributed by atoms with van der Waals surface area (Å²) in [5.41, 5.74) is 2.37. The maximum atomic E-state index is 15.0. The summed E-state index contributed by atoms with van der Waals surface area (Å²) in [7, 11) is 0. The Balaban J connectivity index is 1.36. The number of rotatable bonds is 8. The Hall–Kier alpha value is -3.54. The van der Waals surface area contributed by atoms with Gasteiger partial charge in [0.2, 0.25) is 0 Å². The molecule has 6 heteroatoms. The average molecular weight is 495 g/mol. The van der Waals surface area contributed by atoms with E-state index in [4.69, 9.17) is 9.47 Å². The van der Waals surface area contributed by atoms with E-state index in [0.717, 1.165) is 11.6 Å². The molecule has 0 radical (unpaired) electrons. The van der Waals surface area contributed by atoms with Crippen LogP contribution in [0.2, 0.25) is 0 Å². The molecular weight excluding hydrogens is 465 g/mol. The molecule has 0 bridgehead atoms. The van der Waals surface area contributed by atoms with E-state index in [9.17, 15) is 18.0 Å². The van der Waals surface area contributed by atoms with Crippen LogP contribution < -0.4 is 4.74 Å². The lowest BCUT2D eigenvalue weighted by Crippen LogP contribution is -2.24. The summed E-state index contributed by atoms with van der Waals surface area (Å²) in [6, 6.07) is 14.6. The van der Waals surface area contributed by atoms with Crippen LogP contribution in [0.1, 0.15) is 59.5 Å². The minimum Gasteiger partial charge on any atom is -0.490 e. The van der Waals surface area contributed by atoms with Crippen molar-refractivity contribution in [1.29, 1.82) is 0 Å². The largest absolute Gasteiger partial charge is 0.490 e. The molecule has 3 aromatic rings. The first-order valence-corrected chi connectivity index (χ1v) is 12.2. The van der Waals surface area contributed by atoms with Crippen molar-refractivity contribution in [2.45, 2.75) is 51.0 Å². The molecule has 0 atom stereocenters. The topological polar surface area (TPSA) is 35.5 Å². The number of ether oxygens (including phenoxy) is 2. The van der Waals surface area contributed by atoms with Gasteiger partial charge in [-0.2, -0.15) is 0 Å². The summed E-state index contributed by atoms with van der Waals surface area (Å²) < 4.78 is 55.0. The summed E-state index contributed by atoms with van der Waals surface area (Å²) in [5, 5.41) is 0. The molecule has 4 rings (SSSR count). The molecule has 0 amide bonds. The molecule has 0 N–H and O–H groups in total. The second-order valence-corrected chi connectivity index (χ2v) is 9.15. The fraction of sp³-hybridized carbons (Fsp3) is 0.300. The molecule has 3 nitrogen and oxygen atoms in total. The monoisotopic (exact) mass is 494 g/mol. The molecule has 0 unspecified atom stereocenters. The van der Waals surface area contributed by atoms with Gasteiger partial charge in [-0.05, 0) is 74.3 Å². The Bertz CT molecular complexity index is 1230. The van der Waals surface area contributed by atoms with Crippen LogP contribution >= 0.6 is 0 Å². The zero-order chi connectivity index (χ0) is 25.7. The van der Waals surface area contributed by atoms with E-state index in [1.54, 1.807) is 30.3 Å². The van der Waals surface area contributed by atoms with Crippen molar-refractivity contribution in [2.24, 2.45) is 0 Å². The third-order valence-electron chi connectivity index (χ3n) is 6.61. The Labute approximate surface area is 209 Å². The van der Waals surface area contributed by atoms with E-state index < -0.39 is 23.4 Å². The fourth-order valence-electron chi connectivity index (χ4n) is 4.54. The molecule has 1 saturated carbocycles. The predicted molar refractivity (Wildman–Crippen MR) is 134 cm³/mol. The van der Waals surface area contributed by atoms with Crippen LogP contribution in [0.3, 0.4) is 0 Å². The second-order valence-electron chi connectivity index (χ2n) is 9.15. The third kappa shape index (κ3) is 5.81. The zero-order valence-corrected chi connectivity index (χ0v) is 20.2. The number of hydrogen-bond acceptors (Lipinski definition) is 3. The normalized spacial score (nSPS) is 17.4. The number of hydrogen-bond donors (Lipinski definition) is 0. The van der Waals surface area contributed by atoms with Gasteiger partial charge in [0.05, 0.1) is 12.2 Å². The smallest absolute Gasteiger partial charge is 0.338 e. The van der Waals surface area contributed by atoms with Crippen molar-refractivity contribution in [3.8, 4) is 16.9 Å². The maximum Gasteiger partial charge on any atom is 0.338 e. The standard InChI is InChI=1S/C30H29F3O3/c1-3-4-17-35-27-16-11-22(18-26(27)31)30(34)36-23-12-9-21(10-13-23)25-15-14-24(28(32)29(25)33)20-7-5-19(2)6-8-20/h3,5-8,11,14-16,18,21,23H,1,4,9-10,12-13,17H2,2H3. The minimum atomic E-state index is -0.844. The predicted octanol–water partition coefficient (Wildman–Crippen LogP) is 7.92. The van der Waals surface area contributed by atoms with Gasteiger partial charge >= 0.3 is 5.97 Å². The molecule has 0 aromatic heterocycles. The van der Waals surface area contributed by atoms with Gasteiger partial charge < -0.3 is 9.47 Å². The lowest BCUT2D eigenvalue weighted by Gasteiger charge is -2.29. The Morgan fingerprint density at radius 1 is 0.972 bits per heavy atom. The Kier molecular flexibility index (Phi) is 8.14. The van der Waals surface area contributed by atoms with Crippen molar-refractivity contribution in [3.63, 3.8) is 0 Å². The van der Waals surface area contributed by atoms with Gasteiger partial charge in [-0.15, -0.1) is 6.58 Å². The number of benzene rings is 3. The first-order chi connectivity index (χ1) is 17.4. The summed E-state index contributed by atoms with van der Waals surface area (Å²) in [6.07, 6.45) is 4.04. The molecule has 1 aliphatic carbocycles. The molecule has 3 aromatic carbocycles. The van der Waals surface area contributed by atoms with Gasteiger partial charge in [-0.1, -0.05) is 48.0 Å². The van der Waals surface area contributed by atoms with Gasteiger partial charge in [0, 0.05) is 5.56 Å². The van der Waals surface area contributed by atoms with Crippen LogP contribution in [-0.2, 0) is 4.74 Å². The highest BCUT2D eigenvalue weighted by Gasteiger charge is 2.28. The summed E-state index contributed by atoms with van der Waals surface area (Å²) in [6.45, 7) is 5.82. The Morgan fingerprint density at radius 3 is 2.36 bits per heavy atom. The maximum absolute atomic E-state index is 15.0. The molecule has 0 heterocycles. The molecule has 1 aliphatic rings. The first-order valence-electron chi connectivity index (χ1n) is 12.2. The van der Waals surface area contributed by atoms with Crippen LogP contribution in [0.15, 0.2) is 67.3 Å². The van der Waals surface area contributed by atoms with Crippen molar-refractivity contribution < 1.29 is 27.4 Å². The molecule has 0 spiro atoms. The van der Waals surface area contributed by atoms with Crippen LogP contribution in [-0.4, -0.2) is 18.7 Å². The van der Waals surface area contributed by atoms with Gasteiger partial charge in [0.15, 0.2) is 23.2 Å². The van der Waals surface area contributed by atoms with Crippen LogP contribution in [0.5, 0.6) is 5.75 Å². The highest BCUT2D eigenvalue weighted by Crippen LogP contribution is 2.38. The third-order valence-corrected chi connectivity index (χ3v) is 6.61. The van der Waals surface area contributed by atoms with Gasteiger partial charge in [-0.3, -0.25) is 0 Å². The van der Waals surface area contributed by atoms with Crippen LogP contribution in [0.25, 0.3) is 11.1 Å². The molecule has 36 heavy (non-hydrogen) atoms. The van der Waals surface area contributed by atoms with Crippen molar-refractivity contribution in [3.05, 3.63) is 101 Å². The number of halogens is 3. The molecular formula is C30H29F3O3. The van der Waals surface area contributed by atoms with Crippen LogP contribution in [0, 0.1) is 24.4 Å². The average Bonchev–Trinajstić information content (AvgIpc) is 2.88. The quantitative estimate of drug-likeness (QED) is 0.181. The summed E-state index contributed by atoms with van der Waals surface area (Å²) in [4.78, 5) is 12.5.